The van der Waals surface area contributed by atoms with Crippen LogP contribution in [0, 0.1) is 12.3 Å². The van der Waals surface area contributed by atoms with E-state index in [2.05, 4.69) is 5.92 Å². The molecule has 0 saturated heterocycles. The van der Waals surface area contributed by atoms with Crippen molar-refractivity contribution in [2.75, 3.05) is 7.11 Å². The number of rotatable bonds is 3. The zero-order chi connectivity index (χ0) is 11.3. The van der Waals surface area contributed by atoms with Crippen LogP contribution >= 0.6 is 0 Å². The van der Waals surface area contributed by atoms with E-state index in [0.29, 0.717) is 5.75 Å². The predicted octanol–water partition coefficient (Wildman–Crippen LogP) is 1.93. The standard InChI is InChI=1S/C12H12O3/c1-4-12(15-9(2)13)10-6-5-7-11(8-10)14-3/h1,5-8,12H,2-3H3/t12-/m0/s1. The Kier molecular flexibility index (Phi) is 3.75. The van der Waals surface area contributed by atoms with Crippen LogP contribution in [0.25, 0.3) is 0 Å². The maximum Gasteiger partial charge on any atom is 0.304 e. The molecule has 1 rings (SSSR count). The molecule has 0 aliphatic carbocycles. The highest BCUT2D eigenvalue weighted by molar-refractivity contribution is 5.66. The minimum atomic E-state index is -0.655. The minimum Gasteiger partial charge on any atom is -0.497 e. The van der Waals surface area contributed by atoms with Crippen LogP contribution in [0.3, 0.4) is 0 Å². The Morgan fingerprint density at radius 3 is 2.80 bits per heavy atom. The second-order valence-corrected chi connectivity index (χ2v) is 2.93. The maximum atomic E-state index is 10.8. The zero-order valence-corrected chi connectivity index (χ0v) is 8.69. The summed E-state index contributed by atoms with van der Waals surface area (Å²) in [4.78, 5) is 10.8. The monoisotopic (exact) mass is 204 g/mol. The molecule has 0 spiro atoms. The van der Waals surface area contributed by atoms with Gasteiger partial charge in [-0.25, -0.2) is 0 Å². The summed E-state index contributed by atoms with van der Waals surface area (Å²) >= 11 is 0. The number of benzene rings is 1. The lowest BCUT2D eigenvalue weighted by atomic mass is 10.1. The third kappa shape index (κ3) is 3.03. The second-order valence-electron chi connectivity index (χ2n) is 2.93. The number of carbonyl (C=O) groups is 1. The lowest BCUT2D eigenvalue weighted by molar-refractivity contribution is -0.144. The van der Waals surface area contributed by atoms with E-state index in [-0.39, 0.29) is 0 Å². The molecule has 15 heavy (non-hydrogen) atoms. The molecule has 0 aliphatic heterocycles. The van der Waals surface area contributed by atoms with Crippen LogP contribution in [-0.2, 0) is 9.53 Å². The Balaban J connectivity index is 2.92. The van der Waals surface area contributed by atoms with Gasteiger partial charge in [0.25, 0.3) is 0 Å². The predicted molar refractivity (Wildman–Crippen MR) is 56.3 cm³/mol. The molecule has 78 valence electrons. The first-order chi connectivity index (χ1) is 7.17. The van der Waals surface area contributed by atoms with Crippen molar-refractivity contribution < 1.29 is 14.3 Å². The van der Waals surface area contributed by atoms with Crippen LogP contribution in [0.4, 0.5) is 0 Å². The third-order valence-electron chi connectivity index (χ3n) is 1.83. The highest BCUT2D eigenvalue weighted by atomic mass is 16.5. The van der Waals surface area contributed by atoms with Crippen molar-refractivity contribution in [3.8, 4) is 18.1 Å². The van der Waals surface area contributed by atoms with E-state index in [0.717, 1.165) is 5.56 Å². The first-order valence-corrected chi connectivity index (χ1v) is 4.44. The number of ether oxygens (including phenoxy) is 2. The molecule has 0 amide bonds. The van der Waals surface area contributed by atoms with Crippen molar-refractivity contribution in [3.05, 3.63) is 29.8 Å². The summed E-state index contributed by atoms with van der Waals surface area (Å²) in [5.41, 5.74) is 0.729. The van der Waals surface area contributed by atoms with E-state index < -0.39 is 12.1 Å². The lowest BCUT2D eigenvalue weighted by Gasteiger charge is -2.11. The average Bonchev–Trinajstić information content (AvgIpc) is 2.25. The van der Waals surface area contributed by atoms with E-state index in [1.54, 1.807) is 31.4 Å². The van der Waals surface area contributed by atoms with Gasteiger partial charge in [0.15, 0.2) is 6.10 Å². The molecule has 0 aliphatic rings. The molecule has 1 atom stereocenters. The molecule has 0 aromatic heterocycles. The van der Waals surface area contributed by atoms with Crippen LogP contribution in [0.1, 0.15) is 18.6 Å². The maximum absolute atomic E-state index is 10.8. The highest BCUT2D eigenvalue weighted by Crippen LogP contribution is 2.21. The average molecular weight is 204 g/mol. The van der Waals surface area contributed by atoms with Gasteiger partial charge in [-0.05, 0) is 12.1 Å². The van der Waals surface area contributed by atoms with Gasteiger partial charge < -0.3 is 9.47 Å². The van der Waals surface area contributed by atoms with Crippen LogP contribution < -0.4 is 4.74 Å². The zero-order valence-electron chi connectivity index (χ0n) is 8.69. The Hall–Kier alpha value is -1.95. The summed E-state index contributed by atoms with van der Waals surface area (Å²) in [5, 5.41) is 0. The van der Waals surface area contributed by atoms with Gasteiger partial charge in [0.1, 0.15) is 5.75 Å². The minimum absolute atomic E-state index is 0.402. The number of carbonyl (C=O) groups excluding carboxylic acids is 1. The number of esters is 1. The van der Waals surface area contributed by atoms with Gasteiger partial charge >= 0.3 is 5.97 Å². The first kappa shape index (κ1) is 11.1. The molecule has 0 saturated carbocycles. The van der Waals surface area contributed by atoms with Crippen LogP contribution in [-0.4, -0.2) is 13.1 Å². The van der Waals surface area contributed by atoms with Crippen molar-refractivity contribution in [3.63, 3.8) is 0 Å². The molecule has 0 N–H and O–H groups in total. The van der Waals surface area contributed by atoms with Crippen molar-refractivity contribution >= 4 is 5.97 Å². The summed E-state index contributed by atoms with van der Waals surface area (Å²) < 4.78 is 10.00. The Morgan fingerprint density at radius 2 is 2.27 bits per heavy atom. The van der Waals surface area contributed by atoms with Gasteiger partial charge in [-0.3, -0.25) is 4.79 Å². The van der Waals surface area contributed by atoms with Gasteiger partial charge in [0.2, 0.25) is 0 Å². The van der Waals surface area contributed by atoms with Crippen molar-refractivity contribution in [1.29, 1.82) is 0 Å². The van der Waals surface area contributed by atoms with Crippen molar-refractivity contribution in [2.24, 2.45) is 0 Å². The molecule has 0 heterocycles. The number of hydrogen-bond acceptors (Lipinski definition) is 3. The number of hydrogen-bond donors (Lipinski definition) is 0. The Labute approximate surface area is 89.0 Å². The summed E-state index contributed by atoms with van der Waals surface area (Å²) in [6.45, 7) is 1.32. The molecular formula is C12H12O3. The van der Waals surface area contributed by atoms with E-state index in [1.807, 2.05) is 0 Å². The normalized spacial score (nSPS) is 11.3. The van der Waals surface area contributed by atoms with E-state index >= 15 is 0 Å². The summed E-state index contributed by atoms with van der Waals surface area (Å²) in [6, 6.07) is 7.12. The molecule has 0 unspecified atom stereocenters. The Bertz CT molecular complexity index is 390. The van der Waals surface area contributed by atoms with Gasteiger partial charge in [-0.1, -0.05) is 18.1 Å². The second kappa shape index (κ2) is 5.06. The van der Waals surface area contributed by atoms with E-state index in [9.17, 15) is 4.79 Å². The number of methoxy groups -OCH3 is 1. The summed E-state index contributed by atoms with van der Waals surface area (Å²) in [6.07, 6.45) is 4.62. The van der Waals surface area contributed by atoms with Crippen LogP contribution in [0.2, 0.25) is 0 Å². The van der Waals surface area contributed by atoms with E-state index in [4.69, 9.17) is 15.9 Å². The van der Waals surface area contributed by atoms with Gasteiger partial charge in [-0.15, -0.1) is 6.42 Å². The van der Waals surface area contributed by atoms with Crippen LogP contribution in [0.5, 0.6) is 5.75 Å². The molecule has 0 radical (unpaired) electrons. The lowest BCUT2D eigenvalue weighted by Crippen LogP contribution is -2.06. The van der Waals surface area contributed by atoms with Gasteiger partial charge in [-0.2, -0.15) is 0 Å². The Morgan fingerprint density at radius 1 is 1.53 bits per heavy atom. The highest BCUT2D eigenvalue weighted by Gasteiger charge is 2.11. The molecule has 3 nitrogen and oxygen atoms in total. The van der Waals surface area contributed by atoms with Gasteiger partial charge in [0, 0.05) is 12.5 Å². The van der Waals surface area contributed by atoms with Crippen molar-refractivity contribution in [1.82, 2.24) is 0 Å². The molecular weight excluding hydrogens is 192 g/mol. The van der Waals surface area contributed by atoms with E-state index in [1.165, 1.54) is 6.92 Å². The fraction of sp³-hybridized carbons (Fsp3) is 0.250. The fourth-order valence-corrected chi connectivity index (χ4v) is 1.17. The third-order valence-corrected chi connectivity index (χ3v) is 1.83. The molecule has 0 bridgehead atoms. The largest absolute Gasteiger partial charge is 0.497 e. The van der Waals surface area contributed by atoms with Crippen LogP contribution in [0.15, 0.2) is 24.3 Å². The fourth-order valence-electron chi connectivity index (χ4n) is 1.17. The quantitative estimate of drug-likeness (QED) is 0.557. The summed E-state index contributed by atoms with van der Waals surface area (Å²) in [5.74, 6) is 2.68. The molecule has 3 heteroatoms. The SMILES string of the molecule is C#C[C@H](OC(C)=O)c1cccc(OC)c1. The van der Waals surface area contributed by atoms with Gasteiger partial charge in [0.05, 0.1) is 7.11 Å². The smallest absolute Gasteiger partial charge is 0.304 e. The topological polar surface area (TPSA) is 35.5 Å². The summed E-state index contributed by atoms with van der Waals surface area (Å²) in [7, 11) is 1.57. The molecule has 1 aromatic rings. The first-order valence-electron chi connectivity index (χ1n) is 4.44. The number of terminal acetylenes is 1. The van der Waals surface area contributed by atoms with Crippen molar-refractivity contribution in [2.45, 2.75) is 13.0 Å². The molecule has 0 fully saturated rings. The molecule has 1 aromatic carbocycles.